The zero-order chi connectivity index (χ0) is 16.3. The lowest BCUT2D eigenvalue weighted by Crippen LogP contribution is -2.13. The maximum absolute atomic E-state index is 12.6. The molecule has 0 saturated heterocycles. The molecule has 0 aliphatic heterocycles. The van der Waals surface area contributed by atoms with Gasteiger partial charge in [-0.05, 0) is 24.6 Å². The van der Waals surface area contributed by atoms with Crippen molar-refractivity contribution in [1.29, 1.82) is 0 Å². The molecule has 0 fully saturated rings. The highest BCUT2D eigenvalue weighted by molar-refractivity contribution is 5.72. The molecule has 1 aromatic carbocycles. The van der Waals surface area contributed by atoms with Gasteiger partial charge in [0.25, 0.3) is 0 Å². The Bertz CT molecular complexity index is 472. The standard InChI is InChI=1S/C13H12F6O2/c1-2-3-4-11(20)21-10-6-8(12(14,15)16)5-9(7-10)13(17,18)19/h5-7H,2-4H2,1H3. The van der Waals surface area contributed by atoms with Crippen LogP contribution in [0.1, 0.15) is 37.3 Å². The summed E-state index contributed by atoms with van der Waals surface area (Å²) in [4.78, 5) is 11.3. The molecule has 0 atom stereocenters. The van der Waals surface area contributed by atoms with Crippen molar-refractivity contribution in [2.45, 2.75) is 38.5 Å². The molecule has 0 aliphatic rings. The van der Waals surface area contributed by atoms with Gasteiger partial charge in [0.1, 0.15) is 5.75 Å². The average molecular weight is 314 g/mol. The number of hydrogen-bond acceptors (Lipinski definition) is 2. The molecule has 0 amide bonds. The van der Waals surface area contributed by atoms with Gasteiger partial charge in [-0.25, -0.2) is 0 Å². The summed E-state index contributed by atoms with van der Waals surface area (Å²) in [5.74, 6) is -1.64. The predicted octanol–water partition coefficient (Wildman–Crippen LogP) is 4.82. The zero-order valence-electron chi connectivity index (χ0n) is 10.9. The highest BCUT2D eigenvalue weighted by Gasteiger charge is 2.37. The minimum atomic E-state index is -4.97. The Morgan fingerprint density at radius 1 is 1.00 bits per heavy atom. The third-order valence-electron chi connectivity index (χ3n) is 2.53. The lowest BCUT2D eigenvalue weighted by atomic mass is 10.1. The van der Waals surface area contributed by atoms with Crippen LogP contribution in [-0.4, -0.2) is 5.97 Å². The lowest BCUT2D eigenvalue weighted by Gasteiger charge is -2.14. The Balaban J connectivity index is 3.11. The monoisotopic (exact) mass is 314 g/mol. The van der Waals surface area contributed by atoms with Gasteiger partial charge in [-0.1, -0.05) is 13.3 Å². The summed E-state index contributed by atoms with van der Waals surface area (Å²) in [6, 6.07) is 0.724. The molecule has 1 rings (SSSR count). The molecular formula is C13H12F6O2. The molecule has 21 heavy (non-hydrogen) atoms. The quantitative estimate of drug-likeness (QED) is 0.452. The van der Waals surface area contributed by atoms with Crippen LogP contribution in [0, 0.1) is 0 Å². The number of halogens is 6. The molecule has 118 valence electrons. The van der Waals surface area contributed by atoms with Crippen molar-refractivity contribution in [3.63, 3.8) is 0 Å². The van der Waals surface area contributed by atoms with Gasteiger partial charge < -0.3 is 4.74 Å². The minimum Gasteiger partial charge on any atom is -0.426 e. The number of carbonyl (C=O) groups excluding carboxylic acids is 1. The van der Waals surface area contributed by atoms with Crippen molar-refractivity contribution in [2.75, 3.05) is 0 Å². The number of rotatable bonds is 4. The van der Waals surface area contributed by atoms with Gasteiger partial charge in [0.2, 0.25) is 0 Å². The van der Waals surface area contributed by atoms with E-state index in [9.17, 15) is 31.1 Å². The highest BCUT2D eigenvalue weighted by Crippen LogP contribution is 2.38. The van der Waals surface area contributed by atoms with E-state index >= 15 is 0 Å². The van der Waals surface area contributed by atoms with E-state index < -0.39 is 35.2 Å². The van der Waals surface area contributed by atoms with Gasteiger partial charge in [0.05, 0.1) is 11.1 Å². The van der Waals surface area contributed by atoms with Crippen molar-refractivity contribution < 1.29 is 35.9 Å². The summed E-state index contributed by atoms with van der Waals surface area (Å²) >= 11 is 0. The first-order valence-corrected chi connectivity index (χ1v) is 6.04. The SMILES string of the molecule is CCCCC(=O)Oc1cc(C(F)(F)F)cc(C(F)(F)F)c1. The molecule has 0 aliphatic carbocycles. The van der Waals surface area contributed by atoms with Crippen LogP contribution in [0.4, 0.5) is 26.3 Å². The Labute approximate surface area is 116 Å². The van der Waals surface area contributed by atoms with Gasteiger partial charge in [-0.3, -0.25) is 4.79 Å². The summed E-state index contributed by atoms with van der Waals surface area (Å²) in [6.07, 6.45) is -8.93. The fourth-order valence-corrected chi connectivity index (χ4v) is 1.49. The van der Waals surface area contributed by atoms with Gasteiger partial charge >= 0.3 is 18.3 Å². The third-order valence-corrected chi connectivity index (χ3v) is 2.53. The van der Waals surface area contributed by atoms with Gasteiger partial charge in [0, 0.05) is 6.42 Å². The van der Waals surface area contributed by atoms with Crippen LogP contribution in [-0.2, 0) is 17.1 Å². The van der Waals surface area contributed by atoms with Crippen molar-refractivity contribution in [1.82, 2.24) is 0 Å². The van der Waals surface area contributed by atoms with E-state index in [1.165, 1.54) is 0 Å². The van der Waals surface area contributed by atoms with Crippen LogP contribution in [0.3, 0.4) is 0 Å². The maximum Gasteiger partial charge on any atom is 0.416 e. The molecule has 0 N–H and O–H groups in total. The van der Waals surface area contributed by atoms with E-state index in [4.69, 9.17) is 0 Å². The van der Waals surface area contributed by atoms with Crippen LogP contribution < -0.4 is 4.74 Å². The molecule has 0 unspecified atom stereocenters. The van der Waals surface area contributed by atoms with Gasteiger partial charge in [0.15, 0.2) is 0 Å². The molecule has 0 aromatic heterocycles. The first-order chi connectivity index (χ1) is 9.54. The molecule has 0 radical (unpaired) electrons. The summed E-state index contributed by atoms with van der Waals surface area (Å²) in [5.41, 5.74) is -3.04. The number of hydrogen-bond donors (Lipinski definition) is 0. The van der Waals surface area contributed by atoms with Crippen LogP contribution in [0.15, 0.2) is 18.2 Å². The highest BCUT2D eigenvalue weighted by atomic mass is 19.4. The van der Waals surface area contributed by atoms with E-state index in [0.717, 1.165) is 0 Å². The van der Waals surface area contributed by atoms with Gasteiger partial charge in [-0.2, -0.15) is 26.3 Å². The first kappa shape index (κ1) is 17.3. The number of benzene rings is 1. The largest absolute Gasteiger partial charge is 0.426 e. The van der Waals surface area contributed by atoms with Crippen LogP contribution in [0.5, 0.6) is 5.75 Å². The molecule has 0 bridgehead atoms. The van der Waals surface area contributed by atoms with Crippen LogP contribution in [0.2, 0.25) is 0 Å². The second-order valence-corrected chi connectivity index (χ2v) is 4.32. The Morgan fingerprint density at radius 3 is 1.86 bits per heavy atom. The van der Waals surface area contributed by atoms with Crippen LogP contribution in [0.25, 0.3) is 0 Å². The van der Waals surface area contributed by atoms with Gasteiger partial charge in [-0.15, -0.1) is 0 Å². The average Bonchev–Trinajstić information content (AvgIpc) is 2.34. The summed E-state index contributed by atoms with van der Waals surface area (Å²) in [5, 5.41) is 0. The fourth-order valence-electron chi connectivity index (χ4n) is 1.49. The number of esters is 1. The second kappa shape index (κ2) is 6.36. The first-order valence-electron chi connectivity index (χ1n) is 6.04. The number of carbonyl (C=O) groups is 1. The summed E-state index contributed by atoms with van der Waals surface area (Å²) in [7, 11) is 0. The predicted molar refractivity (Wildman–Crippen MR) is 61.6 cm³/mol. The third kappa shape index (κ3) is 5.28. The van der Waals surface area contributed by atoms with E-state index in [-0.39, 0.29) is 12.5 Å². The Morgan fingerprint density at radius 2 is 1.48 bits per heavy atom. The van der Waals surface area contributed by atoms with Crippen molar-refractivity contribution in [3.8, 4) is 5.75 Å². The molecule has 0 saturated carbocycles. The van der Waals surface area contributed by atoms with E-state index in [1.54, 1.807) is 6.92 Å². The molecule has 0 heterocycles. The second-order valence-electron chi connectivity index (χ2n) is 4.32. The molecule has 2 nitrogen and oxygen atoms in total. The van der Waals surface area contributed by atoms with Crippen molar-refractivity contribution >= 4 is 5.97 Å². The molecule has 8 heteroatoms. The molecule has 0 spiro atoms. The zero-order valence-corrected chi connectivity index (χ0v) is 10.9. The Hall–Kier alpha value is -1.73. The molecular weight excluding hydrogens is 302 g/mol. The normalized spacial score (nSPS) is 12.3. The number of ether oxygens (including phenoxy) is 1. The molecule has 1 aromatic rings. The topological polar surface area (TPSA) is 26.3 Å². The maximum atomic E-state index is 12.6. The summed E-state index contributed by atoms with van der Waals surface area (Å²) < 4.78 is 80.0. The van der Waals surface area contributed by atoms with E-state index in [0.29, 0.717) is 25.0 Å². The van der Waals surface area contributed by atoms with Crippen molar-refractivity contribution in [2.24, 2.45) is 0 Å². The Kier molecular flexibility index (Phi) is 5.25. The minimum absolute atomic E-state index is 0.0244. The van der Waals surface area contributed by atoms with E-state index in [1.807, 2.05) is 0 Å². The van der Waals surface area contributed by atoms with Crippen LogP contribution >= 0.6 is 0 Å². The van der Waals surface area contributed by atoms with E-state index in [2.05, 4.69) is 4.74 Å². The lowest BCUT2D eigenvalue weighted by molar-refractivity contribution is -0.144. The number of unbranched alkanes of at least 4 members (excludes halogenated alkanes) is 1. The fraction of sp³-hybridized carbons (Fsp3) is 0.462. The number of alkyl halides is 6. The van der Waals surface area contributed by atoms with Crippen molar-refractivity contribution in [3.05, 3.63) is 29.3 Å². The smallest absolute Gasteiger partial charge is 0.416 e. The summed E-state index contributed by atoms with van der Waals surface area (Å²) in [6.45, 7) is 1.78.